The van der Waals surface area contributed by atoms with Crippen LogP contribution in [0.15, 0.2) is 22.8 Å². The molecule has 29 heavy (non-hydrogen) atoms. The molecule has 7 nitrogen and oxygen atoms in total. The van der Waals surface area contributed by atoms with E-state index in [1.54, 1.807) is 18.4 Å². The van der Waals surface area contributed by atoms with Gasteiger partial charge in [0, 0.05) is 4.88 Å². The molecule has 8 heteroatoms. The summed E-state index contributed by atoms with van der Waals surface area (Å²) in [5.74, 6) is -2.02. The second-order valence-corrected chi connectivity index (χ2v) is 8.75. The highest BCUT2D eigenvalue weighted by molar-refractivity contribution is 7.17. The molecule has 2 aromatic rings. The average molecular weight is 416 g/mol. The minimum absolute atomic E-state index is 0.241. The molecule has 0 bridgehead atoms. The predicted molar refractivity (Wildman–Crippen MR) is 108 cm³/mol. The third-order valence-electron chi connectivity index (χ3n) is 5.81. The van der Waals surface area contributed by atoms with Crippen LogP contribution in [0.3, 0.4) is 0 Å². The molecule has 2 heterocycles. The Morgan fingerprint density at radius 1 is 1.14 bits per heavy atom. The lowest BCUT2D eigenvalue weighted by molar-refractivity contribution is -0.147. The molecule has 0 saturated heterocycles. The molecule has 2 aliphatic carbocycles. The summed E-state index contributed by atoms with van der Waals surface area (Å²) >= 11 is 1.44. The molecule has 3 N–H and O–H groups in total. The number of carboxylic acids is 1. The summed E-state index contributed by atoms with van der Waals surface area (Å²) in [6.07, 6.45) is 7.02. The van der Waals surface area contributed by atoms with E-state index in [1.165, 1.54) is 11.3 Å². The second kappa shape index (κ2) is 8.41. The van der Waals surface area contributed by atoms with Crippen LogP contribution in [0.25, 0.3) is 0 Å². The van der Waals surface area contributed by atoms with Gasteiger partial charge in [-0.05, 0) is 49.8 Å². The summed E-state index contributed by atoms with van der Waals surface area (Å²) in [4.78, 5) is 38.5. The van der Waals surface area contributed by atoms with E-state index >= 15 is 0 Å². The topological polar surface area (TPSA) is 109 Å². The predicted octanol–water partition coefficient (Wildman–Crippen LogP) is 3.59. The van der Waals surface area contributed by atoms with Crippen molar-refractivity contribution >= 4 is 34.1 Å². The number of fused-ring (bicyclic) bond motifs is 1. The number of furan rings is 1. The fourth-order valence-corrected chi connectivity index (χ4v) is 5.64. The first-order valence-corrected chi connectivity index (χ1v) is 10.8. The molecule has 4 rings (SSSR count). The summed E-state index contributed by atoms with van der Waals surface area (Å²) in [6, 6.07) is 3.55. The van der Waals surface area contributed by atoms with Crippen molar-refractivity contribution in [2.75, 3.05) is 5.32 Å². The maximum Gasteiger partial charge on any atom is 0.307 e. The first-order chi connectivity index (χ1) is 14.0. The van der Waals surface area contributed by atoms with Gasteiger partial charge in [-0.1, -0.05) is 12.8 Å². The zero-order valence-corrected chi connectivity index (χ0v) is 16.8. The van der Waals surface area contributed by atoms with Gasteiger partial charge in [0.05, 0.1) is 30.2 Å². The number of hydrogen-bond donors (Lipinski definition) is 3. The van der Waals surface area contributed by atoms with Gasteiger partial charge in [0.25, 0.3) is 5.91 Å². The second-order valence-electron chi connectivity index (χ2n) is 7.65. The number of aliphatic carboxylic acids is 1. The van der Waals surface area contributed by atoms with Crippen LogP contribution in [-0.4, -0.2) is 22.9 Å². The van der Waals surface area contributed by atoms with Crippen molar-refractivity contribution in [2.45, 2.75) is 51.5 Å². The highest BCUT2D eigenvalue weighted by Crippen LogP contribution is 2.40. The molecule has 154 valence electrons. The fourth-order valence-electron chi connectivity index (χ4n) is 4.35. The summed E-state index contributed by atoms with van der Waals surface area (Å²) < 4.78 is 5.26. The maximum absolute atomic E-state index is 12.9. The van der Waals surface area contributed by atoms with Gasteiger partial charge in [0.15, 0.2) is 0 Å². The van der Waals surface area contributed by atoms with Crippen LogP contribution in [0, 0.1) is 11.8 Å². The minimum Gasteiger partial charge on any atom is -0.481 e. The van der Waals surface area contributed by atoms with Crippen molar-refractivity contribution in [1.82, 2.24) is 5.32 Å². The molecule has 0 aromatic carbocycles. The van der Waals surface area contributed by atoms with E-state index in [4.69, 9.17) is 4.42 Å². The fraction of sp³-hybridized carbons (Fsp3) is 0.476. The van der Waals surface area contributed by atoms with E-state index in [0.717, 1.165) is 42.5 Å². The van der Waals surface area contributed by atoms with Crippen LogP contribution in [0.2, 0.25) is 0 Å². The number of carbonyl (C=O) groups is 3. The van der Waals surface area contributed by atoms with Crippen LogP contribution in [0.1, 0.15) is 58.7 Å². The molecule has 1 saturated carbocycles. The summed E-state index contributed by atoms with van der Waals surface area (Å²) in [7, 11) is 0. The number of carbonyl (C=O) groups excluding carboxylic acids is 2. The molecule has 2 amide bonds. The van der Waals surface area contributed by atoms with Crippen LogP contribution < -0.4 is 10.6 Å². The Bertz CT molecular complexity index is 918. The zero-order chi connectivity index (χ0) is 20.4. The molecule has 0 spiro atoms. The van der Waals surface area contributed by atoms with Crippen LogP contribution >= 0.6 is 11.3 Å². The van der Waals surface area contributed by atoms with Crippen LogP contribution in [0.5, 0.6) is 0 Å². The van der Waals surface area contributed by atoms with Crippen molar-refractivity contribution < 1.29 is 23.9 Å². The largest absolute Gasteiger partial charge is 0.481 e. The maximum atomic E-state index is 12.9. The number of aryl methyl sites for hydroxylation is 1. The first kappa shape index (κ1) is 19.7. The van der Waals surface area contributed by atoms with Crippen LogP contribution in [-0.2, 0) is 29.0 Å². The number of hydrogen-bond acceptors (Lipinski definition) is 5. The number of rotatable bonds is 6. The Morgan fingerprint density at radius 2 is 1.93 bits per heavy atom. The minimum atomic E-state index is -0.921. The van der Waals surface area contributed by atoms with Gasteiger partial charge in [0.1, 0.15) is 10.8 Å². The molecular formula is C21H24N2O5S. The molecule has 0 aliphatic heterocycles. The standard InChI is InChI=1S/C21H24N2O5S/c24-18(13-6-1-2-7-14(13)21(26)27)23-20-17(15-8-3-9-16(15)29-20)19(25)22-11-12-5-4-10-28-12/h4-5,10,13-14H,1-3,6-9,11H2,(H,22,25)(H,23,24)(H,26,27)/t13-,14-/m0/s1. The number of amides is 2. The Balaban J connectivity index is 1.53. The Kier molecular flexibility index (Phi) is 5.71. The van der Waals surface area contributed by atoms with Gasteiger partial charge in [0.2, 0.25) is 5.91 Å². The molecule has 2 aliphatic rings. The molecule has 1 fully saturated rings. The lowest BCUT2D eigenvalue weighted by Gasteiger charge is -2.27. The van der Waals surface area contributed by atoms with E-state index in [9.17, 15) is 19.5 Å². The van der Waals surface area contributed by atoms with Gasteiger partial charge in [-0.3, -0.25) is 14.4 Å². The number of nitrogens with one attached hydrogen (secondary N) is 2. The van der Waals surface area contributed by atoms with Crippen LogP contribution in [0.4, 0.5) is 5.00 Å². The van der Waals surface area contributed by atoms with E-state index < -0.39 is 17.8 Å². The highest BCUT2D eigenvalue weighted by Gasteiger charge is 2.37. The van der Waals surface area contributed by atoms with Gasteiger partial charge in [-0.15, -0.1) is 11.3 Å². The van der Waals surface area contributed by atoms with Crippen molar-refractivity contribution in [3.63, 3.8) is 0 Å². The van der Waals surface area contributed by atoms with Crippen molar-refractivity contribution in [3.8, 4) is 0 Å². The Labute approximate surface area is 172 Å². The Hall–Kier alpha value is -2.61. The smallest absolute Gasteiger partial charge is 0.307 e. The van der Waals surface area contributed by atoms with E-state index in [1.807, 2.05) is 0 Å². The number of anilines is 1. The van der Waals surface area contributed by atoms with Gasteiger partial charge < -0.3 is 20.2 Å². The molecule has 0 radical (unpaired) electrons. The van der Waals surface area contributed by atoms with E-state index in [0.29, 0.717) is 29.2 Å². The van der Waals surface area contributed by atoms with Crippen molar-refractivity contribution in [1.29, 1.82) is 0 Å². The zero-order valence-electron chi connectivity index (χ0n) is 16.0. The lowest BCUT2D eigenvalue weighted by Crippen LogP contribution is -2.36. The Morgan fingerprint density at radius 3 is 2.66 bits per heavy atom. The number of thiophene rings is 1. The third kappa shape index (κ3) is 4.07. The SMILES string of the molecule is O=C(NCc1ccco1)c1c(NC(=O)[C@H]2CCCC[C@@H]2C(=O)O)sc2c1CCC2. The van der Waals surface area contributed by atoms with Crippen molar-refractivity contribution in [2.24, 2.45) is 11.8 Å². The van der Waals surface area contributed by atoms with E-state index in [2.05, 4.69) is 10.6 Å². The summed E-state index contributed by atoms with van der Waals surface area (Å²) in [5, 5.41) is 15.8. The van der Waals surface area contributed by atoms with Gasteiger partial charge in [-0.2, -0.15) is 0 Å². The molecule has 2 aromatic heterocycles. The monoisotopic (exact) mass is 416 g/mol. The average Bonchev–Trinajstić information content (AvgIpc) is 3.43. The van der Waals surface area contributed by atoms with Crippen molar-refractivity contribution in [3.05, 3.63) is 40.2 Å². The van der Waals surface area contributed by atoms with Gasteiger partial charge in [-0.25, -0.2) is 0 Å². The normalized spacial score (nSPS) is 20.8. The first-order valence-electron chi connectivity index (χ1n) is 10.0. The third-order valence-corrected chi connectivity index (χ3v) is 7.02. The van der Waals surface area contributed by atoms with E-state index in [-0.39, 0.29) is 18.4 Å². The van der Waals surface area contributed by atoms with Gasteiger partial charge >= 0.3 is 5.97 Å². The quantitative estimate of drug-likeness (QED) is 0.667. The highest BCUT2D eigenvalue weighted by atomic mass is 32.1. The molecule has 0 unspecified atom stereocenters. The molecular weight excluding hydrogens is 392 g/mol. The molecule has 2 atom stereocenters. The lowest BCUT2D eigenvalue weighted by atomic mass is 9.79. The number of carboxylic acid groups (broad SMARTS) is 1. The summed E-state index contributed by atoms with van der Waals surface area (Å²) in [5.41, 5.74) is 1.52. The summed E-state index contributed by atoms with van der Waals surface area (Å²) in [6.45, 7) is 0.271.